The molecule has 1 aliphatic rings. The molecular weight excluding hydrogens is 274 g/mol. The van der Waals surface area contributed by atoms with E-state index in [4.69, 9.17) is 0 Å². The van der Waals surface area contributed by atoms with Crippen LogP contribution in [-0.2, 0) is 9.53 Å². The van der Waals surface area contributed by atoms with E-state index in [0.717, 1.165) is 6.54 Å². The normalized spacial score (nSPS) is 18.2. The standard InChI is InChI=1S/C13H19N5O3/c1-17(2)12(19)9-8-14-6-7-18(9)10-4-5-15-11(16-10)13(20)21-3/h4-5,9,14H,6-8H2,1-3H3. The number of aromatic nitrogens is 2. The second kappa shape index (κ2) is 6.49. The van der Waals surface area contributed by atoms with Gasteiger partial charge in [0.15, 0.2) is 0 Å². The highest BCUT2D eigenvalue weighted by atomic mass is 16.5. The minimum absolute atomic E-state index is 0.00964. The third-order valence-electron chi connectivity index (χ3n) is 3.27. The van der Waals surface area contributed by atoms with Crippen LogP contribution in [0.2, 0.25) is 0 Å². The highest BCUT2D eigenvalue weighted by Crippen LogP contribution is 2.16. The topological polar surface area (TPSA) is 87.7 Å². The van der Waals surface area contributed by atoms with E-state index < -0.39 is 5.97 Å². The predicted molar refractivity (Wildman–Crippen MR) is 76.1 cm³/mol. The molecule has 2 rings (SSSR count). The maximum absolute atomic E-state index is 12.3. The Kier molecular flexibility index (Phi) is 4.69. The van der Waals surface area contributed by atoms with Crippen molar-refractivity contribution in [2.45, 2.75) is 6.04 Å². The van der Waals surface area contributed by atoms with E-state index in [0.29, 0.717) is 18.9 Å². The van der Waals surface area contributed by atoms with Crippen LogP contribution >= 0.6 is 0 Å². The van der Waals surface area contributed by atoms with Crippen LogP contribution in [-0.4, -0.2) is 73.6 Å². The molecule has 1 unspecified atom stereocenters. The molecule has 0 spiro atoms. The van der Waals surface area contributed by atoms with Crippen molar-refractivity contribution >= 4 is 17.7 Å². The van der Waals surface area contributed by atoms with E-state index in [-0.39, 0.29) is 17.8 Å². The summed E-state index contributed by atoms with van der Waals surface area (Å²) in [6.45, 7) is 1.91. The molecular formula is C13H19N5O3. The van der Waals surface area contributed by atoms with Gasteiger partial charge in [-0.3, -0.25) is 4.79 Å². The van der Waals surface area contributed by atoms with Crippen molar-refractivity contribution in [3.8, 4) is 0 Å². The van der Waals surface area contributed by atoms with Crippen molar-refractivity contribution in [1.82, 2.24) is 20.2 Å². The number of hydrogen-bond donors (Lipinski definition) is 1. The van der Waals surface area contributed by atoms with Gasteiger partial charge in [0.1, 0.15) is 11.9 Å². The Morgan fingerprint density at radius 3 is 2.90 bits per heavy atom. The third kappa shape index (κ3) is 3.27. The average molecular weight is 293 g/mol. The van der Waals surface area contributed by atoms with E-state index in [1.165, 1.54) is 13.3 Å². The molecule has 0 saturated carbocycles. The van der Waals surface area contributed by atoms with Crippen LogP contribution in [0.5, 0.6) is 0 Å². The summed E-state index contributed by atoms with van der Waals surface area (Å²) in [5.74, 6) is -0.0698. The number of rotatable bonds is 3. The highest BCUT2D eigenvalue weighted by molar-refractivity contribution is 5.87. The summed E-state index contributed by atoms with van der Waals surface area (Å²) < 4.78 is 4.62. The molecule has 114 valence electrons. The molecule has 1 aromatic rings. The number of carbonyl (C=O) groups is 2. The predicted octanol–water partition coefficient (Wildman–Crippen LogP) is -0.870. The van der Waals surface area contributed by atoms with Crippen LogP contribution in [0.3, 0.4) is 0 Å². The fraction of sp³-hybridized carbons (Fsp3) is 0.538. The van der Waals surface area contributed by atoms with Crippen molar-refractivity contribution in [3.63, 3.8) is 0 Å². The molecule has 0 aliphatic carbocycles. The highest BCUT2D eigenvalue weighted by Gasteiger charge is 2.31. The summed E-state index contributed by atoms with van der Waals surface area (Å²) in [6.07, 6.45) is 1.49. The molecule has 0 aromatic carbocycles. The number of carbonyl (C=O) groups excluding carboxylic acids is 2. The fourth-order valence-electron chi connectivity index (χ4n) is 2.20. The molecule has 1 atom stereocenters. The minimum atomic E-state index is -0.595. The number of nitrogens with one attached hydrogen (secondary N) is 1. The van der Waals surface area contributed by atoms with E-state index >= 15 is 0 Å². The summed E-state index contributed by atoms with van der Waals surface area (Å²) >= 11 is 0. The molecule has 1 aliphatic heterocycles. The van der Waals surface area contributed by atoms with Crippen molar-refractivity contribution in [1.29, 1.82) is 0 Å². The minimum Gasteiger partial charge on any atom is -0.463 e. The van der Waals surface area contributed by atoms with Crippen molar-refractivity contribution in [2.24, 2.45) is 0 Å². The maximum atomic E-state index is 12.3. The van der Waals surface area contributed by atoms with E-state index in [1.807, 2.05) is 4.90 Å². The molecule has 0 bridgehead atoms. The van der Waals surface area contributed by atoms with Gasteiger partial charge in [0, 0.05) is 39.9 Å². The van der Waals surface area contributed by atoms with E-state index in [1.54, 1.807) is 25.1 Å². The number of ether oxygens (including phenoxy) is 1. The SMILES string of the molecule is COC(=O)c1nccc(N2CCNCC2C(=O)N(C)C)n1. The lowest BCUT2D eigenvalue weighted by Gasteiger charge is -2.37. The van der Waals surface area contributed by atoms with Gasteiger partial charge in [0.25, 0.3) is 0 Å². The molecule has 0 radical (unpaired) electrons. The first-order valence-corrected chi connectivity index (χ1v) is 6.64. The molecule has 1 N–H and O–H groups in total. The van der Waals surface area contributed by atoms with Crippen LogP contribution in [0.4, 0.5) is 5.82 Å². The Labute approximate surface area is 123 Å². The molecule has 1 aromatic heterocycles. The first kappa shape index (κ1) is 15.2. The summed E-state index contributed by atoms with van der Waals surface area (Å²) in [6, 6.07) is 1.34. The van der Waals surface area contributed by atoms with Gasteiger partial charge < -0.3 is 19.9 Å². The second-order valence-corrected chi connectivity index (χ2v) is 4.88. The zero-order chi connectivity index (χ0) is 15.4. The van der Waals surface area contributed by atoms with Crippen LogP contribution in [0.1, 0.15) is 10.6 Å². The third-order valence-corrected chi connectivity index (χ3v) is 3.27. The lowest BCUT2D eigenvalue weighted by atomic mass is 10.1. The zero-order valence-electron chi connectivity index (χ0n) is 12.4. The van der Waals surface area contributed by atoms with Crippen molar-refractivity contribution < 1.29 is 14.3 Å². The Bertz CT molecular complexity index is 534. The molecule has 8 nitrogen and oxygen atoms in total. The van der Waals surface area contributed by atoms with Crippen LogP contribution in [0, 0.1) is 0 Å². The van der Waals surface area contributed by atoms with Gasteiger partial charge >= 0.3 is 5.97 Å². The van der Waals surface area contributed by atoms with E-state index in [9.17, 15) is 9.59 Å². The smallest absolute Gasteiger partial charge is 0.376 e. The maximum Gasteiger partial charge on any atom is 0.376 e. The quantitative estimate of drug-likeness (QED) is 0.725. The summed E-state index contributed by atoms with van der Waals surface area (Å²) in [5, 5.41) is 3.19. The number of hydrogen-bond acceptors (Lipinski definition) is 7. The Morgan fingerprint density at radius 2 is 2.24 bits per heavy atom. The molecule has 1 saturated heterocycles. The first-order valence-electron chi connectivity index (χ1n) is 6.64. The number of anilines is 1. The number of methoxy groups -OCH3 is 1. The first-order chi connectivity index (χ1) is 10.0. The van der Waals surface area contributed by atoms with Crippen LogP contribution in [0.25, 0.3) is 0 Å². The molecule has 1 amide bonds. The Balaban J connectivity index is 2.29. The van der Waals surface area contributed by atoms with Gasteiger partial charge in [0.05, 0.1) is 7.11 Å². The van der Waals surface area contributed by atoms with E-state index in [2.05, 4.69) is 20.0 Å². The van der Waals surface area contributed by atoms with Gasteiger partial charge in [-0.15, -0.1) is 0 Å². The molecule has 8 heteroatoms. The Hall–Kier alpha value is -2.22. The average Bonchev–Trinajstić information content (AvgIpc) is 2.53. The lowest BCUT2D eigenvalue weighted by molar-refractivity contribution is -0.130. The van der Waals surface area contributed by atoms with Crippen molar-refractivity contribution in [3.05, 3.63) is 18.1 Å². The number of esters is 1. The molecule has 2 heterocycles. The largest absolute Gasteiger partial charge is 0.463 e. The Morgan fingerprint density at radius 1 is 1.48 bits per heavy atom. The van der Waals surface area contributed by atoms with Gasteiger partial charge in [-0.05, 0) is 6.07 Å². The zero-order valence-corrected chi connectivity index (χ0v) is 12.4. The summed E-state index contributed by atoms with van der Waals surface area (Å²) in [4.78, 5) is 35.3. The fourth-order valence-corrected chi connectivity index (χ4v) is 2.20. The molecule has 1 fully saturated rings. The summed E-state index contributed by atoms with van der Waals surface area (Å²) in [5.41, 5.74) is 0. The number of nitrogens with zero attached hydrogens (tertiary/aromatic N) is 4. The monoisotopic (exact) mass is 293 g/mol. The van der Waals surface area contributed by atoms with Gasteiger partial charge in [0.2, 0.25) is 11.7 Å². The van der Waals surface area contributed by atoms with Crippen molar-refractivity contribution in [2.75, 3.05) is 45.7 Å². The number of piperazine rings is 1. The van der Waals surface area contributed by atoms with Gasteiger partial charge in [-0.1, -0.05) is 0 Å². The van der Waals surface area contributed by atoms with Crippen LogP contribution in [0.15, 0.2) is 12.3 Å². The lowest BCUT2D eigenvalue weighted by Crippen LogP contribution is -2.58. The summed E-state index contributed by atoms with van der Waals surface area (Å²) in [7, 11) is 4.71. The van der Waals surface area contributed by atoms with Gasteiger partial charge in [-0.2, -0.15) is 0 Å². The second-order valence-electron chi connectivity index (χ2n) is 4.88. The molecule has 21 heavy (non-hydrogen) atoms. The number of likely N-dealkylation sites (N-methyl/N-ethyl adjacent to an activating group) is 1. The van der Waals surface area contributed by atoms with Crippen LogP contribution < -0.4 is 10.2 Å². The van der Waals surface area contributed by atoms with Gasteiger partial charge in [-0.25, -0.2) is 14.8 Å². The number of amides is 1.